The van der Waals surface area contributed by atoms with Crippen molar-refractivity contribution in [3.8, 4) is 0 Å². The van der Waals surface area contributed by atoms with Gasteiger partial charge in [0.1, 0.15) is 15.1 Å². The molecule has 0 saturated heterocycles. The van der Waals surface area contributed by atoms with Gasteiger partial charge >= 0.3 is 11.9 Å². The van der Waals surface area contributed by atoms with Crippen molar-refractivity contribution in [1.29, 1.82) is 0 Å². The Bertz CT molecular complexity index is 494. The fourth-order valence-corrected chi connectivity index (χ4v) is 2.97. The van der Waals surface area contributed by atoms with Crippen LogP contribution < -0.4 is 0 Å². The molecule has 0 fully saturated rings. The van der Waals surface area contributed by atoms with Crippen molar-refractivity contribution < 1.29 is 23.5 Å². The number of ether oxygens (including phenoxy) is 2. The van der Waals surface area contributed by atoms with E-state index >= 15 is 0 Å². The van der Waals surface area contributed by atoms with Gasteiger partial charge in [-0.05, 0) is 0 Å². The first kappa shape index (κ1) is 17.2. The summed E-state index contributed by atoms with van der Waals surface area (Å²) in [6.45, 7) is 0. The van der Waals surface area contributed by atoms with Gasteiger partial charge in [-0.2, -0.15) is 0 Å². The molecule has 0 atom stereocenters. The van der Waals surface area contributed by atoms with Gasteiger partial charge in [0, 0.05) is 5.56 Å². The minimum Gasteiger partial charge on any atom is -0.465 e. The standard InChI is InChI=1S/C10H8Br4O5/c1-17-9(15)4-3(7(11)12)5(8(13)14)19-6(4)10(16)18-2/h7-8H,1-2H3. The number of hydrogen-bond donors (Lipinski definition) is 0. The van der Waals surface area contributed by atoms with Gasteiger partial charge in [-0.3, -0.25) is 0 Å². The molecule has 0 radical (unpaired) electrons. The van der Waals surface area contributed by atoms with Crippen molar-refractivity contribution in [3.05, 3.63) is 22.6 Å². The predicted molar refractivity (Wildman–Crippen MR) is 82.6 cm³/mol. The highest BCUT2D eigenvalue weighted by molar-refractivity contribution is 9.24. The van der Waals surface area contributed by atoms with E-state index in [1.165, 1.54) is 14.2 Å². The van der Waals surface area contributed by atoms with E-state index in [1.54, 1.807) is 0 Å². The molecule has 1 heterocycles. The van der Waals surface area contributed by atoms with E-state index in [9.17, 15) is 9.59 Å². The zero-order valence-corrected chi connectivity index (χ0v) is 16.1. The van der Waals surface area contributed by atoms with Crippen molar-refractivity contribution in [3.63, 3.8) is 0 Å². The van der Waals surface area contributed by atoms with Crippen molar-refractivity contribution in [1.82, 2.24) is 0 Å². The van der Waals surface area contributed by atoms with Crippen LogP contribution >= 0.6 is 63.7 Å². The number of carbonyl (C=O) groups is 2. The summed E-state index contributed by atoms with van der Waals surface area (Å²) in [6.07, 6.45) is 0. The third kappa shape index (κ3) is 3.62. The number of carbonyl (C=O) groups excluding carboxylic acids is 2. The summed E-state index contributed by atoms with van der Waals surface area (Å²) in [6, 6.07) is 0. The van der Waals surface area contributed by atoms with Crippen LogP contribution in [-0.4, -0.2) is 26.2 Å². The summed E-state index contributed by atoms with van der Waals surface area (Å²) in [5.74, 6) is -1.28. The Kier molecular flexibility index (Phi) is 6.55. The zero-order chi connectivity index (χ0) is 14.7. The minimum absolute atomic E-state index is 0.0204. The molecule has 0 aliphatic carbocycles. The summed E-state index contributed by atoms with van der Waals surface area (Å²) in [5, 5.41) is 0. The number of esters is 2. The monoisotopic (exact) mass is 524 g/mol. The van der Waals surface area contributed by atoms with Crippen LogP contribution in [0.5, 0.6) is 0 Å². The van der Waals surface area contributed by atoms with Crippen LogP contribution in [0.2, 0.25) is 0 Å². The lowest BCUT2D eigenvalue weighted by Crippen LogP contribution is -2.11. The number of hydrogen-bond acceptors (Lipinski definition) is 5. The summed E-state index contributed by atoms with van der Waals surface area (Å²) in [4.78, 5) is 23.5. The molecule has 0 aromatic carbocycles. The van der Waals surface area contributed by atoms with Gasteiger partial charge in [-0.1, -0.05) is 63.7 Å². The van der Waals surface area contributed by atoms with Gasteiger partial charge < -0.3 is 13.9 Å². The van der Waals surface area contributed by atoms with Crippen LogP contribution in [0.15, 0.2) is 4.42 Å². The first-order valence-corrected chi connectivity index (χ1v) is 8.40. The van der Waals surface area contributed by atoms with Gasteiger partial charge in [-0.25, -0.2) is 9.59 Å². The molecule has 5 nitrogen and oxygen atoms in total. The normalized spacial score (nSPS) is 10.9. The molecule has 0 unspecified atom stereocenters. The van der Waals surface area contributed by atoms with E-state index < -0.39 is 15.7 Å². The van der Waals surface area contributed by atoms with E-state index in [4.69, 9.17) is 4.42 Å². The van der Waals surface area contributed by atoms with E-state index in [0.29, 0.717) is 11.3 Å². The fourth-order valence-electron chi connectivity index (χ4n) is 1.38. The second-order valence-electron chi connectivity index (χ2n) is 3.17. The van der Waals surface area contributed by atoms with Gasteiger partial charge in [-0.15, -0.1) is 0 Å². The summed E-state index contributed by atoms with van der Waals surface area (Å²) in [7, 11) is 2.42. The average Bonchev–Trinajstić information content (AvgIpc) is 2.77. The maximum absolute atomic E-state index is 11.9. The second kappa shape index (κ2) is 7.24. The van der Waals surface area contributed by atoms with Crippen LogP contribution in [0.4, 0.5) is 0 Å². The molecule has 0 saturated carbocycles. The molecule has 0 aliphatic rings. The highest BCUT2D eigenvalue weighted by atomic mass is 79.9. The predicted octanol–water partition coefficient (Wildman–Crippen LogP) is 4.43. The SMILES string of the molecule is COC(=O)c1oc(C(Br)Br)c(C(Br)Br)c1C(=O)OC. The van der Waals surface area contributed by atoms with Gasteiger partial charge in [0.2, 0.25) is 5.76 Å². The molecule has 0 amide bonds. The number of methoxy groups -OCH3 is 2. The second-order valence-corrected chi connectivity index (χ2v) is 9.29. The molecule has 9 heteroatoms. The first-order chi connectivity index (χ1) is 8.84. The van der Waals surface area contributed by atoms with E-state index in [2.05, 4.69) is 73.2 Å². The third-order valence-corrected chi connectivity index (χ3v) is 3.90. The molecule has 0 N–H and O–H groups in total. The average molecular weight is 528 g/mol. The lowest BCUT2D eigenvalue weighted by Gasteiger charge is -2.06. The van der Waals surface area contributed by atoms with Crippen LogP contribution in [0.25, 0.3) is 0 Å². The Labute approximate surface area is 142 Å². The number of furan rings is 1. The minimum atomic E-state index is -0.755. The van der Waals surface area contributed by atoms with Gasteiger partial charge in [0.05, 0.1) is 18.0 Å². The molecule has 0 bridgehead atoms. The van der Waals surface area contributed by atoms with Gasteiger partial charge in [0.15, 0.2) is 0 Å². The quantitative estimate of drug-likeness (QED) is 0.428. The molecule has 19 heavy (non-hydrogen) atoms. The van der Waals surface area contributed by atoms with Crippen LogP contribution in [0.3, 0.4) is 0 Å². The number of alkyl halides is 4. The first-order valence-electron chi connectivity index (χ1n) is 4.74. The fraction of sp³-hybridized carbons (Fsp3) is 0.400. The van der Waals surface area contributed by atoms with Crippen LogP contribution in [-0.2, 0) is 9.47 Å². The largest absolute Gasteiger partial charge is 0.465 e. The van der Waals surface area contributed by atoms with Gasteiger partial charge in [0.25, 0.3) is 0 Å². The third-order valence-electron chi connectivity index (χ3n) is 2.15. The molecule has 1 rings (SSSR count). The molecular weight excluding hydrogens is 520 g/mol. The smallest absolute Gasteiger partial charge is 0.374 e. The van der Waals surface area contributed by atoms with Crippen molar-refractivity contribution in [2.75, 3.05) is 14.2 Å². The Morgan fingerprint density at radius 1 is 1.00 bits per heavy atom. The summed E-state index contributed by atoms with van der Waals surface area (Å²) < 4.78 is 13.9. The van der Waals surface area contributed by atoms with Crippen molar-refractivity contribution in [2.45, 2.75) is 7.47 Å². The summed E-state index contributed by atoms with van der Waals surface area (Å²) in [5.41, 5.74) is 0.470. The van der Waals surface area contributed by atoms with E-state index in [0.717, 1.165) is 0 Å². The molecular formula is C10H8Br4O5. The molecule has 1 aromatic heterocycles. The Morgan fingerprint density at radius 2 is 1.53 bits per heavy atom. The van der Waals surface area contributed by atoms with Crippen LogP contribution in [0, 0.1) is 0 Å². The number of rotatable bonds is 4. The maximum atomic E-state index is 11.9. The van der Waals surface area contributed by atoms with E-state index in [1.807, 2.05) is 0 Å². The molecule has 0 spiro atoms. The summed E-state index contributed by atoms with van der Waals surface area (Å²) >= 11 is 13.1. The lowest BCUT2D eigenvalue weighted by atomic mass is 10.1. The zero-order valence-electron chi connectivity index (χ0n) is 9.71. The van der Waals surface area contributed by atoms with Crippen LogP contribution in [0.1, 0.15) is 39.7 Å². The lowest BCUT2D eigenvalue weighted by molar-refractivity contribution is 0.0527. The van der Waals surface area contributed by atoms with Crippen molar-refractivity contribution in [2.24, 2.45) is 0 Å². The Balaban J connectivity index is 3.60. The highest BCUT2D eigenvalue weighted by Gasteiger charge is 2.34. The topological polar surface area (TPSA) is 65.7 Å². The van der Waals surface area contributed by atoms with E-state index in [-0.39, 0.29) is 15.1 Å². The number of halogens is 4. The highest BCUT2D eigenvalue weighted by Crippen LogP contribution is 2.44. The molecule has 1 aromatic rings. The van der Waals surface area contributed by atoms with Crippen molar-refractivity contribution >= 4 is 75.7 Å². The Morgan fingerprint density at radius 3 is 1.89 bits per heavy atom. The Hall–Kier alpha value is 0.140. The maximum Gasteiger partial charge on any atom is 0.374 e. The molecule has 106 valence electrons. The molecule has 0 aliphatic heterocycles.